The molecule has 4 rings (SSSR count). The largest absolute Gasteiger partial charge is 0.437 e. The first-order valence-electron chi connectivity index (χ1n) is 9.41. The molecular formula is C22H19F3N4O. The topological polar surface area (TPSA) is 52.3 Å². The Bertz CT molecular complexity index is 1200. The third kappa shape index (κ3) is 3.72. The average Bonchev–Trinajstić information content (AvgIpc) is 3.08. The van der Waals surface area contributed by atoms with Crippen LogP contribution in [0.15, 0.2) is 54.6 Å². The lowest BCUT2D eigenvalue weighted by atomic mass is 10.0. The maximum absolute atomic E-state index is 13.3. The summed E-state index contributed by atoms with van der Waals surface area (Å²) >= 11 is 0. The van der Waals surface area contributed by atoms with Gasteiger partial charge in [0.25, 0.3) is 0 Å². The lowest BCUT2D eigenvalue weighted by Crippen LogP contribution is -2.06. The van der Waals surface area contributed by atoms with Crippen LogP contribution in [-0.2, 0) is 6.18 Å². The lowest BCUT2D eigenvalue weighted by molar-refractivity contribution is -0.137. The van der Waals surface area contributed by atoms with Crippen molar-refractivity contribution in [2.24, 2.45) is 0 Å². The summed E-state index contributed by atoms with van der Waals surface area (Å²) in [5.41, 5.74) is 1.93. The van der Waals surface area contributed by atoms with E-state index in [1.165, 1.54) is 6.07 Å². The van der Waals surface area contributed by atoms with Gasteiger partial charge in [0, 0.05) is 17.2 Å². The first-order valence-corrected chi connectivity index (χ1v) is 9.41. The molecule has 2 heterocycles. The van der Waals surface area contributed by atoms with E-state index in [9.17, 15) is 13.2 Å². The minimum absolute atomic E-state index is 0.0725. The van der Waals surface area contributed by atoms with Crippen molar-refractivity contribution < 1.29 is 17.9 Å². The van der Waals surface area contributed by atoms with E-state index in [-0.39, 0.29) is 17.5 Å². The van der Waals surface area contributed by atoms with Gasteiger partial charge in [0.05, 0.1) is 5.56 Å². The molecule has 0 aliphatic rings. The van der Waals surface area contributed by atoms with Gasteiger partial charge in [-0.3, -0.25) is 0 Å². The molecule has 0 bridgehead atoms. The van der Waals surface area contributed by atoms with Gasteiger partial charge in [0.15, 0.2) is 11.5 Å². The molecule has 0 spiro atoms. The molecule has 0 aliphatic heterocycles. The number of fused-ring (bicyclic) bond motifs is 1. The summed E-state index contributed by atoms with van der Waals surface area (Å²) < 4.78 is 47.5. The Morgan fingerprint density at radius 2 is 1.70 bits per heavy atom. The van der Waals surface area contributed by atoms with Crippen molar-refractivity contribution >= 4 is 5.65 Å². The predicted octanol–water partition coefficient (Wildman–Crippen LogP) is 6.03. The van der Waals surface area contributed by atoms with E-state index in [0.29, 0.717) is 17.0 Å². The Kier molecular flexibility index (Phi) is 4.93. The molecule has 2 aromatic carbocycles. The fourth-order valence-corrected chi connectivity index (χ4v) is 3.21. The fourth-order valence-electron chi connectivity index (χ4n) is 3.21. The Labute approximate surface area is 171 Å². The first-order chi connectivity index (χ1) is 14.2. The highest BCUT2D eigenvalue weighted by atomic mass is 19.4. The number of alkyl halides is 3. The van der Waals surface area contributed by atoms with E-state index in [1.54, 1.807) is 17.5 Å². The number of halogens is 3. The summed E-state index contributed by atoms with van der Waals surface area (Å²) in [6.45, 7) is 5.73. The molecule has 0 aliphatic carbocycles. The third-order valence-electron chi connectivity index (χ3n) is 4.76. The standard InChI is InChI=1S/C22H19F3N4O/c1-13(2)18-12-20(28-29-14(3)26-27-21(18)29)30-19-11-16(22(23,24)25)9-10-17(19)15-7-5-4-6-8-15/h4-13H,1-3H3. The Balaban J connectivity index is 1.87. The molecule has 0 radical (unpaired) electrons. The van der Waals surface area contributed by atoms with Gasteiger partial charge in [-0.05, 0) is 30.5 Å². The monoisotopic (exact) mass is 412 g/mol. The van der Waals surface area contributed by atoms with Gasteiger partial charge in [-0.1, -0.05) is 50.2 Å². The fraction of sp³-hybridized carbons (Fsp3) is 0.227. The van der Waals surface area contributed by atoms with Gasteiger partial charge < -0.3 is 4.74 Å². The van der Waals surface area contributed by atoms with Crippen molar-refractivity contribution in [1.82, 2.24) is 19.8 Å². The van der Waals surface area contributed by atoms with E-state index >= 15 is 0 Å². The van der Waals surface area contributed by atoms with E-state index in [0.717, 1.165) is 23.3 Å². The summed E-state index contributed by atoms with van der Waals surface area (Å²) in [5.74, 6) is 0.898. The molecule has 0 fully saturated rings. The van der Waals surface area contributed by atoms with Crippen molar-refractivity contribution in [3.63, 3.8) is 0 Å². The second-order valence-electron chi connectivity index (χ2n) is 7.25. The number of nitrogens with zero attached hydrogens (tertiary/aromatic N) is 4. The van der Waals surface area contributed by atoms with Crippen molar-refractivity contribution in [2.45, 2.75) is 32.9 Å². The van der Waals surface area contributed by atoms with Crippen molar-refractivity contribution in [3.8, 4) is 22.8 Å². The molecule has 0 atom stereocenters. The second-order valence-corrected chi connectivity index (χ2v) is 7.25. The van der Waals surface area contributed by atoms with Gasteiger partial charge in [0.1, 0.15) is 5.75 Å². The summed E-state index contributed by atoms with van der Waals surface area (Å²) in [6, 6.07) is 14.3. The van der Waals surface area contributed by atoms with E-state index < -0.39 is 11.7 Å². The van der Waals surface area contributed by atoms with E-state index in [1.807, 2.05) is 44.2 Å². The van der Waals surface area contributed by atoms with Crippen LogP contribution < -0.4 is 4.74 Å². The first kappa shape index (κ1) is 19.9. The molecule has 0 saturated heterocycles. The summed E-state index contributed by atoms with van der Waals surface area (Å²) in [6.07, 6.45) is -4.49. The highest BCUT2D eigenvalue weighted by Gasteiger charge is 2.31. The highest BCUT2D eigenvalue weighted by molar-refractivity contribution is 5.71. The number of hydrogen-bond donors (Lipinski definition) is 0. The Morgan fingerprint density at radius 3 is 2.37 bits per heavy atom. The molecule has 154 valence electrons. The van der Waals surface area contributed by atoms with Crippen LogP contribution in [0, 0.1) is 6.92 Å². The molecule has 5 nitrogen and oxygen atoms in total. The average molecular weight is 412 g/mol. The third-order valence-corrected chi connectivity index (χ3v) is 4.76. The summed E-state index contributed by atoms with van der Waals surface area (Å²) in [7, 11) is 0. The second kappa shape index (κ2) is 7.44. The number of rotatable bonds is 4. The molecule has 2 aromatic heterocycles. The summed E-state index contributed by atoms with van der Waals surface area (Å²) in [4.78, 5) is 0. The number of hydrogen-bond acceptors (Lipinski definition) is 4. The van der Waals surface area contributed by atoms with Crippen molar-refractivity contribution in [1.29, 1.82) is 0 Å². The van der Waals surface area contributed by atoms with Gasteiger partial charge in [-0.25, -0.2) is 0 Å². The molecule has 30 heavy (non-hydrogen) atoms. The van der Waals surface area contributed by atoms with Crippen molar-refractivity contribution in [3.05, 3.63) is 71.5 Å². The summed E-state index contributed by atoms with van der Waals surface area (Å²) in [5, 5.41) is 12.6. The van der Waals surface area contributed by atoms with Crippen LogP contribution in [-0.4, -0.2) is 19.8 Å². The molecule has 4 aromatic rings. The number of benzene rings is 2. The molecule has 0 amide bonds. The maximum atomic E-state index is 13.3. The van der Waals surface area contributed by atoms with Crippen LogP contribution in [0.5, 0.6) is 11.6 Å². The molecule has 0 unspecified atom stereocenters. The van der Waals surface area contributed by atoms with Gasteiger partial charge >= 0.3 is 6.18 Å². The van der Waals surface area contributed by atoms with E-state index in [2.05, 4.69) is 15.3 Å². The minimum atomic E-state index is -4.49. The quantitative estimate of drug-likeness (QED) is 0.410. The molecule has 0 saturated carbocycles. The van der Waals surface area contributed by atoms with Gasteiger partial charge in [-0.2, -0.15) is 17.7 Å². The minimum Gasteiger partial charge on any atom is -0.437 e. The van der Waals surface area contributed by atoms with Gasteiger partial charge in [-0.15, -0.1) is 15.3 Å². The smallest absolute Gasteiger partial charge is 0.416 e. The van der Waals surface area contributed by atoms with Crippen LogP contribution in [0.25, 0.3) is 16.8 Å². The van der Waals surface area contributed by atoms with Crippen LogP contribution in [0.4, 0.5) is 13.2 Å². The van der Waals surface area contributed by atoms with Crippen LogP contribution in [0.1, 0.15) is 36.7 Å². The Morgan fingerprint density at radius 1 is 0.967 bits per heavy atom. The van der Waals surface area contributed by atoms with Crippen molar-refractivity contribution in [2.75, 3.05) is 0 Å². The zero-order valence-electron chi connectivity index (χ0n) is 16.6. The lowest BCUT2D eigenvalue weighted by Gasteiger charge is -2.15. The zero-order chi connectivity index (χ0) is 21.5. The maximum Gasteiger partial charge on any atom is 0.416 e. The number of ether oxygens (including phenoxy) is 1. The highest BCUT2D eigenvalue weighted by Crippen LogP contribution is 2.39. The predicted molar refractivity (Wildman–Crippen MR) is 107 cm³/mol. The van der Waals surface area contributed by atoms with Crippen LogP contribution in [0.3, 0.4) is 0 Å². The van der Waals surface area contributed by atoms with Crippen LogP contribution in [0.2, 0.25) is 0 Å². The van der Waals surface area contributed by atoms with E-state index in [4.69, 9.17) is 4.74 Å². The SMILES string of the molecule is Cc1nnc2c(C(C)C)cc(Oc3cc(C(F)(F)F)ccc3-c3ccccc3)nn12. The molecule has 8 heteroatoms. The van der Waals surface area contributed by atoms with Gasteiger partial charge in [0.2, 0.25) is 5.88 Å². The molecular weight excluding hydrogens is 393 g/mol. The zero-order valence-corrected chi connectivity index (χ0v) is 16.6. The molecule has 0 N–H and O–H groups in total. The number of aromatic nitrogens is 4. The Hall–Kier alpha value is -3.42. The normalized spacial score (nSPS) is 12.0. The number of aryl methyl sites for hydroxylation is 1. The van der Waals surface area contributed by atoms with Crippen LogP contribution >= 0.6 is 0 Å².